The Balaban J connectivity index is 2.20. The van der Waals surface area contributed by atoms with Crippen molar-refractivity contribution >= 4 is 34.1 Å². The monoisotopic (exact) mass is 271 g/mol. The molecule has 0 amide bonds. The fourth-order valence-electron chi connectivity index (χ4n) is 2.03. The van der Waals surface area contributed by atoms with Crippen LogP contribution in [0.2, 0.25) is 10.0 Å². The summed E-state index contributed by atoms with van der Waals surface area (Å²) in [7, 11) is 0. The van der Waals surface area contributed by atoms with Crippen molar-refractivity contribution in [2.45, 2.75) is 26.2 Å². The Morgan fingerprint density at radius 3 is 3.00 bits per heavy atom. The van der Waals surface area contributed by atoms with E-state index in [2.05, 4.69) is 4.98 Å². The largest absolute Gasteiger partial charge is 0.462 e. The molecule has 1 aliphatic rings. The molecule has 1 aliphatic heterocycles. The first-order chi connectivity index (χ1) is 8.19. The summed E-state index contributed by atoms with van der Waals surface area (Å²) in [5, 5.41) is 2.12. The molecule has 0 saturated heterocycles. The number of hydrogen-bond donors (Lipinski definition) is 1. The van der Waals surface area contributed by atoms with Crippen molar-refractivity contribution in [3.05, 3.63) is 27.9 Å². The topological polar surface area (TPSA) is 34.2 Å². The molecule has 1 aromatic heterocycles. The molecule has 90 valence electrons. The molecule has 3 rings (SSSR count). The van der Waals surface area contributed by atoms with Gasteiger partial charge < -0.3 is 14.5 Å². The molecule has 0 spiro atoms. The standard InChI is InChI=1S/C12H11Cl2NO2/c1-2-10-16-5-9-12(17-10)7-3-6(13)4-8(14)11(7)15-9/h3-4,10,15H,2,5H2,1H3. The summed E-state index contributed by atoms with van der Waals surface area (Å²) in [5.41, 5.74) is 1.76. The molecule has 0 radical (unpaired) electrons. The third-order valence-electron chi connectivity index (χ3n) is 2.85. The second kappa shape index (κ2) is 4.09. The Labute approximate surface area is 109 Å². The summed E-state index contributed by atoms with van der Waals surface area (Å²) < 4.78 is 11.3. The normalized spacial score (nSPS) is 19.1. The van der Waals surface area contributed by atoms with Crippen molar-refractivity contribution in [3.63, 3.8) is 0 Å². The summed E-state index contributed by atoms with van der Waals surface area (Å²) >= 11 is 12.1. The number of halogens is 2. The Hall–Kier alpha value is -0.900. The number of rotatable bonds is 1. The van der Waals surface area contributed by atoms with Crippen molar-refractivity contribution < 1.29 is 9.47 Å². The van der Waals surface area contributed by atoms with Gasteiger partial charge in [0.15, 0.2) is 12.0 Å². The molecule has 0 aliphatic carbocycles. The second-order valence-electron chi connectivity index (χ2n) is 4.01. The second-order valence-corrected chi connectivity index (χ2v) is 4.85. The van der Waals surface area contributed by atoms with Crippen molar-refractivity contribution in [2.24, 2.45) is 0 Å². The average molecular weight is 272 g/mol. The molecule has 0 fully saturated rings. The first-order valence-electron chi connectivity index (χ1n) is 5.47. The van der Waals surface area contributed by atoms with Crippen LogP contribution in [0.1, 0.15) is 19.0 Å². The molecule has 5 heteroatoms. The van der Waals surface area contributed by atoms with E-state index in [1.165, 1.54) is 0 Å². The third-order valence-corrected chi connectivity index (χ3v) is 3.36. The predicted molar refractivity (Wildman–Crippen MR) is 67.8 cm³/mol. The van der Waals surface area contributed by atoms with E-state index in [4.69, 9.17) is 32.7 Å². The van der Waals surface area contributed by atoms with Gasteiger partial charge in [-0.1, -0.05) is 30.1 Å². The summed E-state index contributed by atoms with van der Waals surface area (Å²) in [5.74, 6) is 0.808. The van der Waals surface area contributed by atoms with Crippen LogP contribution in [0.5, 0.6) is 5.75 Å². The molecule has 0 bridgehead atoms. The minimum atomic E-state index is -0.195. The minimum Gasteiger partial charge on any atom is -0.462 e. The van der Waals surface area contributed by atoms with Gasteiger partial charge in [0.25, 0.3) is 0 Å². The lowest BCUT2D eigenvalue weighted by Gasteiger charge is -2.23. The zero-order chi connectivity index (χ0) is 12.0. The summed E-state index contributed by atoms with van der Waals surface area (Å²) in [6.45, 7) is 2.53. The van der Waals surface area contributed by atoms with Gasteiger partial charge in [0.05, 0.1) is 22.8 Å². The molecule has 2 aromatic rings. The zero-order valence-corrected chi connectivity index (χ0v) is 10.7. The number of fused-ring (bicyclic) bond motifs is 3. The lowest BCUT2D eigenvalue weighted by Crippen LogP contribution is -2.24. The maximum absolute atomic E-state index is 6.14. The zero-order valence-electron chi connectivity index (χ0n) is 9.22. The number of aromatic amines is 1. The Bertz CT molecular complexity index is 579. The van der Waals surface area contributed by atoms with Gasteiger partial charge in [-0.15, -0.1) is 0 Å². The first kappa shape index (κ1) is 11.2. The highest BCUT2D eigenvalue weighted by Gasteiger charge is 2.24. The van der Waals surface area contributed by atoms with Crippen LogP contribution in [0.15, 0.2) is 12.1 Å². The molecule has 17 heavy (non-hydrogen) atoms. The summed E-state index contributed by atoms with van der Waals surface area (Å²) in [6, 6.07) is 3.57. The van der Waals surface area contributed by atoms with E-state index in [1.54, 1.807) is 6.07 Å². The van der Waals surface area contributed by atoms with Crippen molar-refractivity contribution in [3.8, 4) is 5.75 Å². The molecule has 1 N–H and O–H groups in total. The van der Waals surface area contributed by atoms with Crippen LogP contribution in [-0.2, 0) is 11.3 Å². The van der Waals surface area contributed by atoms with Crippen molar-refractivity contribution in [1.29, 1.82) is 0 Å². The lowest BCUT2D eigenvalue weighted by molar-refractivity contribution is -0.108. The lowest BCUT2D eigenvalue weighted by atomic mass is 10.2. The number of aromatic nitrogens is 1. The van der Waals surface area contributed by atoms with Gasteiger partial charge >= 0.3 is 0 Å². The minimum absolute atomic E-state index is 0.195. The summed E-state index contributed by atoms with van der Waals surface area (Å²) in [4.78, 5) is 3.22. The van der Waals surface area contributed by atoms with Gasteiger partial charge in [-0.05, 0) is 12.1 Å². The van der Waals surface area contributed by atoms with Crippen LogP contribution in [0.4, 0.5) is 0 Å². The molecule has 1 aromatic carbocycles. The number of nitrogens with one attached hydrogen (secondary N) is 1. The molecule has 1 unspecified atom stereocenters. The van der Waals surface area contributed by atoms with Crippen LogP contribution in [-0.4, -0.2) is 11.3 Å². The molecule has 0 saturated carbocycles. The van der Waals surface area contributed by atoms with Crippen LogP contribution >= 0.6 is 23.2 Å². The highest BCUT2D eigenvalue weighted by Crippen LogP contribution is 2.39. The fraction of sp³-hybridized carbons (Fsp3) is 0.333. The molecular formula is C12H11Cl2NO2. The Morgan fingerprint density at radius 1 is 1.41 bits per heavy atom. The van der Waals surface area contributed by atoms with Crippen molar-refractivity contribution in [1.82, 2.24) is 4.98 Å². The van der Waals surface area contributed by atoms with Crippen molar-refractivity contribution in [2.75, 3.05) is 0 Å². The molecule has 2 heterocycles. The van der Waals surface area contributed by atoms with Gasteiger partial charge in [0, 0.05) is 16.8 Å². The van der Waals surface area contributed by atoms with E-state index in [0.29, 0.717) is 16.7 Å². The van der Waals surface area contributed by atoms with Gasteiger partial charge in [-0.2, -0.15) is 0 Å². The van der Waals surface area contributed by atoms with E-state index < -0.39 is 0 Å². The number of benzene rings is 1. The van der Waals surface area contributed by atoms with Gasteiger partial charge in [-0.25, -0.2) is 0 Å². The fourth-order valence-corrected chi connectivity index (χ4v) is 2.57. The number of H-pyrrole nitrogens is 1. The maximum Gasteiger partial charge on any atom is 0.200 e. The quantitative estimate of drug-likeness (QED) is 0.847. The first-order valence-corrected chi connectivity index (χ1v) is 6.22. The van der Waals surface area contributed by atoms with Crippen LogP contribution < -0.4 is 4.74 Å². The van der Waals surface area contributed by atoms with E-state index in [-0.39, 0.29) is 6.29 Å². The van der Waals surface area contributed by atoms with Gasteiger partial charge in [-0.3, -0.25) is 0 Å². The Morgan fingerprint density at radius 2 is 2.24 bits per heavy atom. The molecule has 3 nitrogen and oxygen atoms in total. The smallest absolute Gasteiger partial charge is 0.200 e. The van der Waals surface area contributed by atoms with Gasteiger partial charge in [0.1, 0.15) is 0 Å². The number of hydrogen-bond acceptors (Lipinski definition) is 2. The summed E-state index contributed by atoms with van der Waals surface area (Å²) in [6.07, 6.45) is 0.611. The van der Waals surface area contributed by atoms with Crippen LogP contribution in [0.3, 0.4) is 0 Å². The molecule has 1 atom stereocenters. The van der Waals surface area contributed by atoms with E-state index in [1.807, 2.05) is 13.0 Å². The Kier molecular flexibility index (Phi) is 2.69. The SMILES string of the molecule is CCC1OCc2[nH]c3c(Cl)cc(Cl)cc3c2O1. The van der Waals surface area contributed by atoms with Gasteiger partial charge in [0.2, 0.25) is 0 Å². The predicted octanol–water partition coefficient (Wildman–Crippen LogP) is 4.12. The third kappa shape index (κ3) is 1.79. The highest BCUT2D eigenvalue weighted by molar-refractivity contribution is 6.38. The number of ether oxygens (including phenoxy) is 2. The average Bonchev–Trinajstić information content (AvgIpc) is 2.67. The van der Waals surface area contributed by atoms with E-state index in [0.717, 1.165) is 28.8 Å². The highest BCUT2D eigenvalue weighted by atomic mass is 35.5. The molecular weight excluding hydrogens is 261 g/mol. The van der Waals surface area contributed by atoms with Crippen LogP contribution in [0, 0.1) is 0 Å². The van der Waals surface area contributed by atoms with Crippen LogP contribution in [0.25, 0.3) is 10.9 Å². The van der Waals surface area contributed by atoms with E-state index in [9.17, 15) is 0 Å². The van der Waals surface area contributed by atoms with E-state index >= 15 is 0 Å². The maximum atomic E-state index is 6.14.